The van der Waals surface area contributed by atoms with E-state index in [0.717, 1.165) is 33.1 Å². The van der Waals surface area contributed by atoms with Gasteiger partial charge in [0, 0.05) is 29.8 Å². The minimum atomic E-state index is -0.982. The molecule has 2 aromatic carbocycles. The van der Waals surface area contributed by atoms with Crippen molar-refractivity contribution >= 4 is 27.9 Å². The standard InChI is InChI=1S/C26H31N3O4/c1-16-10-9-11-19-23(16)18(14-27-19)17(2)28-20-12-7-8-13-21(20)29(25(28)31)22(15-32-5)26(3,4)24(30)33-6/h7-14,17,22,27H,15H2,1-6H3. The lowest BCUT2D eigenvalue weighted by Gasteiger charge is -2.32. The Labute approximate surface area is 192 Å². The van der Waals surface area contributed by atoms with Gasteiger partial charge in [-0.25, -0.2) is 4.79 Å². The van der Waals surface area contributed by atoms with Gasteiger partial charge in [-0.1, -0.05) is 24.3 Å². The number of carbonyl (C=O) groups excluding carboxylic acids is 1. The Hall–Kier alpha value is -3.32. The van der Waals surface area contributed by atoms with Gasteiger partial charge in [-0.05, 0) is 51.5 Å². The van der Waals surface area contributed by atoms with E-state index in [4.69, 9.17) is 9.47 Å². The molecule has 0 radical (unpaired) electrons. The van der Waals surface area contributed by atoms with Crippen molar-refractivity contribution in [3.8, 4) is 0 Å². The van der Waals surface area contributed by atoms with Crippen LogP contribution in [0.1, 0.15) is 44.0 Å². The summed E-state index contributed by atoms with van der Waals surface area (Å²) in [6, 6.07) is 13.0. The number of carbonyl (C=O) groups is 1. The number of aromatic nitrogens is 3. The van der Waals surface area contributed by atoms with Gasteiger partial charge in [0.25, 0.3) is 0 Å². The Balaban J connectivity index is 1.98. The summed E-state index contributed by atoms with van der Waals surface area (Å²) in [5, 5.41) is 1.12. The van der Waals surface area contributed by atoms with Crippen LogP contribution in [0, 0.1) is 12.3 Å². The highest BCUT2D eigenvalue weighted by Gasteiger charge is 2.41. The molecule has 0 fully saturated rings. The van der Waals surface area contributed by atoms with E-state index in [1.54, 1.807) is 30.1 Å². The molecule has 2 aromatic heterocycles. The van der Waals surface area contributed by atoms with Gasteiger partial charge in [0.15, 0.2) is 0 Å². The highest BCUT2D eigenvalue weighted by Crippen LogP contribution is 2.36. The predicted octanol–water partition coefficient (Wildman–Crippen LogP) is 4.59. The zero-order chi connectivity index (χ0) is 23.9. The molecule has 0 aliphatic heterocycles. The molecule has 0 amide bonds. The van der Waals surface area contributed by atoms with Crippen LogP contribution in [0.15, 0.2) is 53.5 Å². The third kappa shape index (κ3) is 3.56. The molecule has 33 heavy (non-hydrogen) atoms. The van der Waals surface area contributed by atoms with Crippen molar-refractivity contribution in [3.63, 3.8) is 0 Å². The van der Waals surface area contributed by atoms with E-state index < -0.39 is 17.4 Å². The van der Waals surface area contributed by atoms with Crippen LogP contribution in [0.2, 0.25) is 0 Å². The Morgan fingerprint density at radius 2 is 1.73 bits per heavy atom. The molecule has 7 nitrogen and oxygen atoms in total. The van der Waals surface area contributed by atoms with Crippen LogP contribution in [-0.2, 0) is 14.3 Å². The van der Waals surface area contributed by atoms with Crippen molar-refractivity contribution in [2.75, 3.05) is 20.8 Å². The van der Waals surface area contributed by atoms with Crippen LogP contribution in [-0.4, -0.2) is 40.9 Å². The lowest BCUT2D eigenvalue weighted by atomic mass is 9.84. The number of aryl methyl sites for hydroxylation is 1. The summed E-state index contributed by atoms with van der Waals surface area (Å²) in [6.07, 6.45) is 1.98. The van der Waals surface area contributed by atoms with E-state index >= 15 is 0 Å². The zero-order valence-electron chi connectivity index (χ0n) is 20.0. The molecule has 2 unspecified atom stereocenters. The fourth-order valence-corrected chi connectivity index (χ4v) is 4.90. The van der Waals surface area contributed by atoms with Crippen LogP contribution in [0.25, 0.3) is 21.9 Å². The third-order valence-electron chi connectivity index (χ3n) is 6.78. The van der Waals surface area contributed by atoms with E-state index in [9.17, 15) is 9.59 Å². The quantitative estimate of drug-likeness (QED) is 0.419. The molecule has 0 spiro atoms. The minimum absolute atomic E-state index is 0.189. The SMILES string of the molecule is COCC(n1c(=O)n(C(C)c2c[nH]c3cccc(C)c23)c2ccccc21)C(C)(C)C(=O)OC. The van der Waals surface area contributed by atoms with Crippen molar-refractivity contribution in [3.05, 3.63) is 70.3 Å². The van der Waals surface area contributed by atoms with Crippen molar-refractivity contribution in [1.82, 2.24) is 14.1 Å². The lowest BCUT2D eigenvalue weighted by Crippen LogP contribution is -2.42. The largest absolute Gasteiger partial charge is 0.469 e. The third-order valence-corrected chi connectivity index (χ3v) is 6.78. The van der Waals surface area contributed by atoms with Crippen molar-refractivity contribution in [2.24, 2.45) is 5.41 Å². The topological polar surface area (TPSA) is 78.2 Å². The number of nitrogens with one attached hydrogen (secondary N) is 1. The van der Waals surface area contributed by atoms with Crippen LogP contribution in [0.4, 0.5) is 0 Å². The Kier molecular flexibility index (Phi) is 5.93. The first-order valence-corrected chi connectivity index (χ1v) is 11.1. The smallest absolute Gasteiger partial charge is 0.330 e. The molecule has 0 aliphatic rings. The molecular formula is C26H31N3O4. The number of methoxy groups -OCH3 is 2. The normalized spacial score (nSPS) is 14.0. The molecule has 0 saturated heterocycles. The first-order valence-electron chi connectivity index (χ1n) is 11.1. The van der Waals surface area contributed by atoms with Crippen molar-refractivity contribution < 1.29 is 14.3 Å². The maximum absolute atomic E-state index is 14.0. The van der Waals surface area contributed by atoms with Gasteiger partial charge in [0.1, 0.15) is 0 Å². The van der Waals surface area contributed by atoms with Crippen LogP contribution in [0.3, 0.4) is 0 Å². The van der Waals surface area contributed by atoms with E-state index in [1.165, 1.54) is 7.11 Å². The first-order chi connectivity index (χ1) is 15.7. The number of imidazole rings is 1. The predicted molar refractivity (Wildman–Crippen MR) is 130 cm³/mol. The van der Waals surface area contributed by atoms with Gasteiger partial charge in [0.2, 0.25) is 0 Å². The zero-order valence-corrected chi connectivity index (χ0v) is 20.0. The van der Waals surface area contributed by atoms with E-state index in [-0.39, 0.29) is 18.3 Å². The number of hydrogen-bond donors (Lipinski definition) is 1. The van der Waals surface area contributed by atoms with Gasteiger partial charge >= 0.3 is 11.7 Å². The fraction of sp³-hybridized carbons (Fsp3) is 0.385. The summed E-state index contributed by atoms with van der Waals surface area (Å²) in [7, 11) is 2.93. The monoisotopic (exact) mass is 449 g/mol. The van der Waals surface area contributed by atoms with E-state index in [1.807, 2.05) is 49.5 Å². The number of rotatable bonds is 7. The number of hydrogen-bond acceptors (Lipinski definition) is 4. The molecule has 2 heterocycles. The van der Waals surface area contributed by atoms with Gasteiger partial charge in [-0.3, -0.25) is 13.9 Å². The Morgan fingerprint density at radius 3 is 2.36 bits per heavy atom. The molecule has 0 aliphatic carbocycles. The second-order valence-electron chi connectivity index (χ2n) is 9.11. The summed E-state index contributed by atoms with van der Waals surface area (Å²) in [4.78, 5) is 30.0. The molecule has 7 heteroatoms. The fourth-order valence-electron chi connectivity index (χ4n) is 4.90. The summed E-state index contributed by atoms with van der Waals surface area (Å²) in [6.45, 7) is 7.87. The summed E-state index contributed by atoms with van der Waals surface area (Å²) >= 11 is 0. The van der Waals surface area contributed by atoms with Crippen molar-refractivity contribution in [1.29, 1.82) is 0 Å². The highest BCUT2D eigenvalue weighted by atomic mass is 16.5. The Morgan fingerprint density at radius 1 is 1.06 bits per heavy atom. The molecule has 1 N–H and O–H groups in total. The van der Waals surface area contributed by atoms with E-state index in [0.29, 0.717) is 0 Å². The molecule has 174 valence electrons. The lowest BCUT2D eigenvalue weighted by molar-refractivity contribution is -0.154. The van der Waals surface area contributed by atoms with Crippen molar-refractivity contribution in [2.45, 2.75) is 39.8 Å². The summed E-state index contributed by atoms with van der Waals surface area (Å²) in [5.74, 6) is -0.395. The molecule has 0 bridgehead atoms. The molecule has 4 rings (SSSR count). The van der Waals surface area contributed by atoms with Crippen LogP contribution in [0.5, 0.6) is 0 Å². The molecule has 0 saturated carbocycles. The van der Waals surface area contributed by atoms with Crippen LogP contribution >= 0.6 is 0 Å². The highest BCUT2D eigenvalue weighted by molar-refractivity contribution is 5.87. The number of fused-ring (bicyclic) bond motifs is 2. The van der Waals surface area contributed by atoms with E-state index in [2.05, 4.69) is 18.0 Å². The van der Waals surface area contributed by atoms with Gasteiger partial charge in [0.05, 0.1) is 42.2 Å². The number of aromatic amines is 1. The summed E-state index contributed by atoms with van der Waals surface area (Å²) in [5.41, 5.74) is 3.62. The second-order valence-corrected chi connectivity index (χ2v) is 9.11. The molecular weight excluding hydrogens is 418 g/mol. The number of para-hydroxylation sites is 2. The van der Waals surface area contributed by atoms with Gasteiger partial charge in [-0.15, -0.1) is 0 Å². The first kappa shape index (κ1) is 22.9. The number of H-pyrrole nitrogens is 1. The number of nitrogens with zero attached hydrogens (tertiary/aromatic N) is 2. The summed E-state index contributed by atoms with van der Waals surface area (Å²) < 4.78 is 14.0. The van der Waals surface area contributed by atoms with Gasteiger partial charge < -0.3 is 14.5 Å². The maximum atomic E-state index is 14.0. The minimum Gasteiger partial charge on any atom is -0.469 e. The average Bonchev–Trinajstić information content (AvgIpc) is 3.36. The Bertz CT molecular complexity index is 1380. The van der Waals surface area contributed by atoms with Gasteiger partial charge in [-0.2, -0.15) is 0 Å². The maximum Gasteiger partial charge on any atom is 0.330 e. The second kappa shape index (κ2) is 8.56. The average molecular weight is 450 g/mol. The number of esters is 1. The molecule has 2 atom stereocenters. The number of ether oxygens (including phenoxy) is 2. The molecule has 4 aromatic rings. The number of benzene rings is 2. The van der Waals surface area contributed by atoms with Crippen LogP contribution < -0.4 is 5.69 Å².